The van der Waals surface area contributed by atoms with Gasteiger partial charge in [0.15, 0.2) is 0 Å². The first kappa shape index (κ1) is 11.8. The number of fused-ring (bicyclic) bond motifs is 2. The third kappa shape index (κ3) is 1.71. The highest BCUT2D eigenvalue weighted by molar-refractivity contribution is 7.47. The van der Waals surface area contributed by atoms with Gasteiger partial charge in [0, 0.05) is 22.4 Å². The van der Waals surface area contributed by atoms with Crippen molar-refractivity contribution in [1.29, 1.82) is 0 Å². The zero-order valence-electron chi connectivity index (χ0n) is 11.5. The highest BCUT2D eigenvalue weighted by Crippen LogP contribution is 2.41. The average Bonchev–Trinajstić information content (AvgIpc) is 2.98. The normalized spacial score (nSPS) is 18.0. The molecule has 0 radical (unpaired) electrons. The van der Waals surface area contributed by atoms with Gasteiger partial charge in [0.1, 0.15) is 0 Å². The average molecular weight is 275 g/mol. The summed E-state index contributed by atoms with van der Waals surface area (Å²) in [5, 5.41) is 4.09. The van der Waals surface area contributed by atoms with Gasteiger partial charge in [-0.2, -0.15) is 0 Å². The maximum atomic E-state index is 4.59. The van der Waals surface area contributed by atoms with Crippen LogP contribution < -0.4 is 0 Å². The first-order chi connectivity index (χ1) is 9.72. The van der Waals surface area contributed by atoms with Crippen molar-refractivity contribution in [3.05, 3.63) is 70.7 Å². The monoisotopic (exact) mass is 275 g/mol. The van der Waals surface area contributed by atoms with E-state index in [-0.39, 0.29) is 0 Å². The largest absolute Gasteiger partial charge is 0.256 e. The van der Waals surface area contributed by atoms with Crippen LogP contribution >= 0.6 is 8.20 Å². The van der Waals surface area contributed by atoms with Crippen LogP contribution in [0, 0.1) is 0 Å². The maximum Gasteiger partial charge on any atom is 0.0702 e. The molecular weight excluding hydrogens is 261 g/mol. The lowest BCUT2D eigenvalue weighted by Crippen LogP contribution is -1.92. The summed E-state index contributed by atoms with van der Waals surface area (Å²) in [5.74, 6) is 0. The van der Waals surface area contributed by atoms with Gasteiger partial charge in [-0.05, 0) is 60.2 Å². The topological polar surface area (TPSA) is 12.9 Å². The summed E-state index contributed by atoms with van der Waals surface area (Å²) in [6.45, 7) is 4.40. The molecular formula is C18H14NP. The van der Waals surface area contributed by atoms with E-state index in [9.17, 15) is 0 Å². The standard InChI is InChI=1S/C18H14NP/c1-11-7-15(16-8-12(2)20-18(11)16)14-9-13-5-3-4-6-17(13)19-10-14/h3-10H,1-2H3. The van der Waals surface area contributed by atoms with E-state index in [1.54, 1.807) is 0 Å². The van der Waals surface area contributed by atoms with Gasteiger partial charge < -0.3 is 0 Å². The van der Waals surface area contributed by atoms with Gasteiger partial charge >= 0.3 is 0 Å². The van der Waals surface area contributed by atoms with E-state index in [1.807, 2.05) is 12.3 Å². The Hall–Kier alpha value is -1.98. The summed E-state index contributed by atoms with van der Waals surface area (Å²) < 4.78 is 0. The van der Waals surface area contributed by atoms with E-state index in [2.05, 4.69) is 55.2 Å². The second-order valence-electron chi connectivity index (χ2n) is 5.32. The molecule has 1 aliphatic heterocycles. The molecule has 0 N–H and O–H groups in total. The van der Waals surface area contributed by atoms with Crippen LogP contribution in [-0.2, 0) is 0 Å². The van der Waals surface area contributed by atoms with Crippen molar-refractivity contribution in [3.63, 3.8) is 0 Å². The zero-order chi connectivity index (χ0) is 13.7. The van der Waals surface area contributed by atoms with Crippen LogP contribution in [-0.4, -0.2) is 10.3 Å². The Kier molecular flexibility index (Phi) is 2.52. The maximum absolute atomic E-state index is 4.59. The molecule has 0 fully saturated rings. The Bertz CT molecular complexity index is 866. The van der Waals surface area contributed by atoms with Crippen LogP contribution in [0.4, 0.5) is 0 Å². The quantitative estimate of drug-likeness (QED) is 0.668. The minimum atomic E-state index is 1.06. The molecule has 1 aromatic heterocycles. The Morgan fingerprint density at radius 3 is 2.75 bits per heavy atom. The molecule has 0 bridgehead atoms. The smallest absolute Gasteiger partial charge is 0.0702 e. The number of benzene rings is 1. The number of rotatable bonds is 1. The summed E-state index contributed by atoms with van der Waals surface area (Å²) in [4.78, 5) is 4.59. The molecule has 0 unspecified atom stereocenters. The van der Waals surface area contributed by atoms with Gasteiger partial charge in [-0.1, -0.05) is 26.4 Å². The lowest BCUT2D eigenvalue weighted by atomic mass is 10.0. The fourth-order valence-corrected chi connectivity index (χ4v) is 3.96. The second kappa shape index (κ2) is 4.26. The summed E-state index contributed by atoms with van der Waals surface area (Å²) >= 11 is 0. The summed E-state index contributed by atoms with van der Waals surface area (Å²) in [6, 6.07) is 10.5. The fourth-order valence-electron chi connectivity index (χ4n) is 2.87. The van der Waals surface area contributed by atoms with Crippen LogP contribution in [0.5, 0.6) is 0 Å². The van der Waals surface area contributed by atoms with Crippen molar-refractivity contribution in [2.75, 3.05) is 0 Å². The Labute approximate surface area is 120 Å². The molecule has 0 amide bonds. The van der Waals surface area contributed by atoms with E-state index in [0.717, 1.165) is 5.52 Å². The molecule has 1 nitrogen and oxygen atoms in total. The predicted octanol–water partition coefficient (Wildman–Crippen LogP) is 4.98. The molecule has 2 heteroatoms. The van der Waals surface area contributed by atoms with Gasteiger partial charge in [0.2, 0.25) is 0 Å². The number of hydrogen-bond donors (Lipinski definition) is 0. The van der Waals surface area contributed by atoms with Crippen molar-refractivity contribution in [2.24, 2.45) is 0 Å². The Morgan fingerprint density at radius 1 is 1.00 bits per heavy atom. The van der Waals surface area contributed by atoms with Crippen LogP contribution in [0.1, 0.15) is 19.4 Å². The molecule has 20 heavy (non-hydrogen) atoms. The summed E-state index contributed by atoms with van der Waals surface area (Å²) in [5.41, 5.74) is 6.37. The molecule has 2 aromatic rings. The lowest BCUT2D eigenvalue weighted by molar-refractivity contribution is 1.39. The summed E-state index contributed by atoms with van der Waals surface area (Å²) in [6.07, 6.45) is 6.61. The number of allylic oxidation sites excluding steroid dienone is 6. The molecule has 2 aliphatic rings. The fraction of sp³-hybridized carbons (Fsp3) is 0.111. The van der Waals surface area contributed by atoms with E-state index in [4.69, 9.17) is 0 Å². The zero-order valence-corrected chi connectivity index (χ0v) is 12.4. The highest BCUT2D eigenvalue weighted by atomic mass is 31.1. The van der Waals surface area contributed by atoms with Gasteiger partial charge in [-0.25, -0.2) is 0 Å². The van der Waals surface area contributed by atoms with Crippen molar-refractivity contribution >= 4 is 30.0 Å². The number of aromatic nitrogens is 1. The highest BCUT2D eigenvalue weighted by Gasteiger charge is 2.23. The lowest BCUT2D eigenvalue weighted by Gasteiger charge is -2.04. The van der Waals surface area contributed by atoms with Gasteiger partial charge in [-0.3, -0.25) is 4.98 Å². The van der Waals surface area contributed by atoms with Gasteiger partial charge in [0.25, 0.3) is 0 Å². The molecule has 0 spiro atoms. The van der Waals surface area contributed by atoms with Crippen LogP contribution in [0.25, 0.3) is 16.5 Å². The first-order valence-electron chi connectivity index (χ1n) is 6.78. The van der Waals surface area contributed by atoms with Crippen LogP contribution in [0.15, 0.2) is 65.1 Å². The minimum Gasteiger partial charge on any atom is -0.256 e. The number of nitrogens with zero attached hydrogens (tertiary/aromatic N) is 1. The molecule has 0 atom stereocenters. The number of hydrogen-bond acceptors (Lipinski definition) is 1. The minimum absolute atomic E-state index is 1.06. The second-order valence-corrected chi connectivity index (χ2v) is 6.69. The van der Waals surface area contributed by atoms with Crippen molar-refractivity contribution in [2.45, 2.75) is 13.8 Å². The van der Waals surface area contributed by atoms with Gasteiger partial charge in [0.05, 0.1) is 5.52 Å². The molecule has 4 rings (SSSR count). The van der Waals surface area contributed by atoms with Crippen molar-refractivity contribution in [1.82, 2.24) is 4.98 Å². The van der Waals surface area contributed by atoms with E-state index in [0.29, 0.717) is 0 Å². The third-order valence-corrected chi connectivity index (χ3v) is 5.12. The Morgan fingerprint density at radius 2 is 1.85 bits per heavy atom. The third-order valence-electron chi connectivity index (χ3n) is 3.82. The van der Waals surface area contributed by atoms with Crippen molar-refractivity contribution in [3.8, 4) is 0 Å². The van der Waals surface area contributed by atoms with E-state index < -0.39 is 0 Å². The predicted molar refractivity (Wildman–Crippen MR) is 88.1 cm³/mol. The Balaban J connectivity index is 1.94. The van der Waals surface area contributed by atoms with E-state index >= 15 is 0 Å². The van der Waals surface area contributed by atoms with Crippen LogP contribution in [0.3, 0.4) is 0 Å². The van der Waals surface area contributed by atoms with E-state index in [1.165, 1.54) is 46.5 Å². The van der Waals surface area contributed by atoms with Crippen molar-refractivity contribution < 1.29 is 0 Å². The number of pyridine rings is 1. The molecule has 2 heterocycles. The molecule has 0 saturated heterocycles. The number of para-hydroxylation sites is 1. The molecule has 1 aliphatic carbocycles. The SMILES string of the molecule is CC1=CC2=C(c3cnc4ccccc4c3)C=C(C)C2=P1. The van der Waals surface area contributed by atoms with Gasteiger partial charge in [-0.15, -0.1) is 0 Å². The molecule has 0 saturated carbocycles. The van der Waals surface area contributed by atoms with Crippen LogP contribution in [0.2, 0.25) is 0 Å². The first-order valence-corrected chi connectivity index (χ1v) is 7.67. The molecule has 96 valence electrons. The summed E-state index contributed by atoms with van der Waals surface area (Å²) in [7, 11) is 1.36. The molecule has 1 aromatic carbocycles.